The third-order valence-electron chi connectivity index (χ3n) is 4.49. The van der Waals surface area contributed by atoms with E-state index in [4.69, 9.17) is 0 Å². The van der Waals surface area contributed by atoms with Crippen molar-refractivity contribution in [3.63, 3.8) is 0 Å². The Morgan fingerprint density at radius 2 is 1.77 bits per heavy atom. The second-order valence-electron chi connectivity index (χ2n) is 5.97. The van der Waals surface area contributed by atoms with Crippen molar-refractivity contribution < 1.29 is 4.79 Å². The van der Waals surface area contributed by atoms with Crippen LogP contribution in [0.5, 0.6) is 0 Å². The molecule has 0 saturated heterocycles. The minimum Gasteiger partial charge on any atom is -0.324 e. The molecule has 3 rings (SSSR count). The second kappa shape index (κ2) is 6.32. The molecule has 1 atom stereocenters. The van der Waals surface area contributed by atoms with E-state index in [1.807, 2.05) is 38.1 Å². The van der Waals surface area contributed by atoms with Crippen LogP contribution in [0.4, 0.5) is 5.69 Å². The molecule has 2 aromatic rings. The lowest BCUT2D eigenvalue weighted by atomic mass is 9.98. The van der Waals surface area contributed by atoms with Crippen LogP contribution < -0.4 is 5.32 Å². The van der Waals surface area contributed by atoms with Crippen molar-refractivity contribution in [1.29, 1.82) is 0 Å². The van der Waals surface area contributed by atoms with Crippen LogP contribution in [0.15, 0.2) is 48.5 Å². The van der Waals surface area contributed by atoms with E-state index in [1.54, 1.807) is 0 Å². The molecule has 2 aromatic carbocycles. The highest BCUT2D eigenvalue weighted by Gasteiger charge is 2.25. The largest absolute Gasteiger partial charge is 0.324 e. The molecule has 1 aliphatic rings. The summed E-state index contributed by atoms with van der Waals surface area (Å²) in [6.45, 7) is 5.77. The van der Waals surface area contributed by atoms with E-state index in [0.717, 1.165) is 30.8 Å². The Labute approximate surface area is 132 Å². The SMILES string of the molecule is Cc1ccccc1NC(=O)[C@@H](C)N1CCc2ccccc2C1. The number of para-hydroxylation sites is 1. The number of hydrogen-bond acceptors (Lipinski definition) is 2. The molecule has 3 nitrogen and oxygen atoms in total. The summed E-state index contributed by atoms with van der Waals surface area (Å²) < 4.78 is 0. The number of anilines is 1. The molecule has 0 unspecified atom stereocenters. The van der Waals surface area contributed by atoms with Gasteiger partial charge < -0.3 is 5.32 Å². The number of benzene rings is 2. The van der Waals surface area contributed by atoms with Crippen molar-refractivity contribution in [2.45, 2.75) is 32.9 Å². The van der Waals surface area contributed by atoms with Gasteiger partial charge in [0.05, 0.1) is 6.04 Å². The smallest absolute Gasteiger partial charge is 0.241 e. The van der Waals surface area contributed by atoms with Gasteiger partial charge in [-0.2, -0.15) is 0 Å². The maximum Gasteiger partial charge on any atom is 0.241 e. The number of rotatable bonds is 3. The minimum absolute atomic E-state index is 0.0636. The van der Waals surface area contributed by atoms with Gasteiger partial charge in [0.2, 0.25) is 5.91 Å². The average molecular weight is 294 g/mol. The van der Waals surface area contributed by atoms with Crippen LogP contribution in [0.25, 0.3) is 0 Å². The van der Waals surface area contributed by atoms with Crippen molar-refractivity contribution in [2.24, 2.45) is 0 Å². The van der Waals surface area contributed by atoms with E-state index < -0.39 is 0 Å². The standard InChI is InChI=1S/C19H22N2O/c1-14-7-3-6-10-18(14)20-19(22)15(2)21-12-11-16-8-4-5-9-17(16)13-21/h3-10,15H,11-13H2,1-2H3,(H,20,22)/t15-/m1/s1. The third-order valence-corrected chi connectivity index (χ3v) is 4.49. The summed E-state index contributed by atoms with van der Waals surface area (Å²) in [6, 6.07) is 16.3. The van der Waals surface area contributed by atoms with Gasteiger partial charge >= 0.3 is 0 Å². The van der Waals surface area contributed by atoms with E-state index >= 15 is 0 Å². The first-order valence-electron chi connectivity index (χ1n) is 7.82. The molecule has 1 aliphatic heterocycles. The van der Waals surface area contributed by atoms with Gasteiger partial charge in [-0.3, -0.25) is 9.69 Å². The van der Waals surface area contributed by atoms with Crippen molar-refractivity contribution >= 4 is 11.6 Å². The summed E-state index contributed by atoms with van der Waals surface area (Å²) in [4.78, 5) is 14.8. The van der Waals surface area contributed by atoms with Crippen molar-refractivity contribution in [3.05, 3.63) is 65.2 Å². The summed E-state index contributed by atoms with van der Waals surface area (Å²) in [5.41, 5.74) is 4.73. The number of nitrogens with one attached hydrogen (secondary N) is 1. The molecule has 1 heterocycles. The summed E-state index contributed by atoms with van der Waals surface area (Å²) in [7, 11) is 0. The van der Waals surface area contributed by atoms with Gasteiger partial charge in [-0.25, -0.2) is 0 Å². The van der Waals surface area contributed by atoms with E-state index in [1.165, 1.54) is 11.1 Å². The van der Waals surface area contributed by atoms with Crippen LogP contribution in [-0.4, -0.2) is 23.4 Å². The Balaban J connectivity index is 1.68. The predicted molar refractivity (Wildman–Crippen MR) is 89.8 cm³/mol. The molecule has 22 heavy (non-hydrogen) atoms. The summed E-state index contributed by atoms with van der Waals surface area (Å²) in [5, 5.41) is 3.05. The normalized spacial score (nSPS) is 15.9. The fourth-order valence-electron chi connectivity index (χ4n) is 2.96. The fraction of sp³-hybridized carbons (Fsp3) is 0.316. The van der Waals surface area contributed by atoms with Gasteiger partial charge in [0.15, 0.2) is 0 Å². The Morgan fingerprint density at radius 3 is 2.55 bits per heavy atom. The number of carbonyl (C=O) groups excluding carboxylic acids is 1. The van der Waals surface area contributed by atoms with E-state index in [9.17, 15) is 4.79 Å². The Kier molecular flexibility index (Phi) is 4.25. The topological polar surface area (TPSA) is 32.3 Å². The molecule has 3 heteroatoms. The summed E-state index contributed by atoms with van der Waals surface area (Å²) >= 11 is 0. The zero-order valence-electron chi connectivity index (χ0n) is 13.2. The maximum atomic E-state index is 12.5. The lowest BCUT2D eigenvalue weighted by molar-refractivity contribution is -0.121. The first kappa shape index (κ1) is 14.8. The first-order valence-corrected chi connectivity index (χ1v) is 7.82. The van der Waals surface area contributed by atoms with Crippen LogP contribution in [0.2, 0.25) is 0 Å². The quantitative estimate of drug-likeness (QED) is 0.941. The number of amides is 1. The number of hydrogen-bond donors (Lipinski definition) is 1. The molecule has 0 bridgehead atoms. The first-order chi connectivity index (χ1) is 10.6. The van der Waals surface area contributed by atoms with Crippen molar-refractivity contribution in [3.8, 4) is 0 Å². The third kappa shape index (κ3) is 3.04. The van der Waals surface area contributed by atoms with Crippen molar-refractivity contribution in [2.75, 3.05) is 11.9 Å². The highest BCUT2D eigenvalue weighted by molar-refractivity contribution is 5.95. The maximum absolute atomic E-state index is 12.5. The van der Waals surface area contributed by atoms with E-state index in [0.29, 0.717) is 0 Å². The van der Waals surface area contributed by atoms with Gasteiger partial charge in [0.25, 0.3) is 0 Å². The molecular weight excluding hydrogens is 272 g/mol. The van der Waals surface area contributed by atoms with Gasteiger partial charge in [0, 0.05) is 18.8 Å². The van der Waals surface area contributed by atoms with Crippen LogP contribution in [-0.2, 0) is 17.8 Å². The van der Waals surface area contributed by atoms with Gasteiger partial charge in [-0.15, -0.1) is 0 Å². The Morgan fingerprint density at radius 1 is 1.09 bits per heavy atom. The Hall–Kier alpha value is -2.13. The number of nitrogens with zero attached hydrogens (tertiary/aromatic N) is 1. The van der Waals surface area contributed by atoms with Crippen LogP contribution in [0.3, 0.4) is 0 Å². The summed E-state index contributed by atoms with van der Waals surface area (Å²) in [5.74, 6) is 0.0636. The lowest BCUT2D eigenvalue weighted by Gasteiger charge is -2.33. The van der Waals surface area contributed by atoms with Crippen LogP contribution in [0, 0.1) is 6.92 Å². The molecule has 114 valence electrons. The Bertz CT molecular complexity index is 681. The highest BCUT2D eigenvalue weighted by Crippen LogP contribution is 2.21. The lowest BCUT2D eigenvalue weighted by Crippen LogP contribution is -2.44. The minimum atomic E-state index is -0.132. The number of aryl methyl sites for hydroxylation is 1. The zero-order chi connectivity index (χ0) is 15.5. The molecular formula is C19H22N2O. The second-order valence-corrected chi connectivity index (χ2v) is 5.97. The molecule has 0 fully saturated rings. The van der Waals surface area contributed by atoms with Crippen LogP contribution >= 0.6 is 0 Å². The average Bonchev–Trinajstić information content (AvgIpc) is 2.55. The highest BCUT2D eigenvalue weighted by atomic mass is 16.2. The molecule has 1 amide bonds. The zero-order valence-corrected chi connectivity index (χ0v) is 13.2. The van der Waals surface area contributed by atoms with Gasteiger partial charge in [-0.05, 0) is 43.0 Å². The monoisotopic (exact) mass is 294 g/mol. The van der Waals surface area contributed by atoms with E-state index in [-0.39, 0.29) is 11.9 Å². The number of carbonyl (C=O) groups is 1. The molecule has 0 aliphatic carbocycles. The van der Waals surface area contributed by atoms with E-state index in [2.05, 4.69) is 34.5 Å². The number of fused-ring (bicyclic) bond motifs is 1. The molecule has 0 saturated carbocycles. The van der Waals surface area contributed by atoms with Gasteiger partial charge in [0.1, 0.15) is 0 Å². The van der Waals surface area contributed by atoms with Crippen LogP contribution in [0.1, 0.15) is 23.6 Å². The fourth-order valence-corrected chi connectivity index (χ4v) is 2.96. The molecule has 1 N–H and O–H groups in total. The molecule has 0 aromatic heterocycles. The molecule has 0 spiro atoms. The summed E-state index contributed by atoms with van der Waals surface area (Å²) in [6.07, 6.45) is 1.01. The molecule has 0 radical (unpaired) electrons. The van der Waals surface area contributed by atoms with Gasteiger partial charge in [-0.1, -0.05) is 42.5 Å². The predicted octanol–water partition coefficient (Wildman–Crippen LogP) is 3.38. The van der Waals surface area contributed by atoms with Crippen molar-refractivity contribution in [1.82, 2.24) is 4.90 Å².